The Labute approximate surface area is 125 Å². The third kappa shape index (κ3) is 3.49. The first-order valence-electron chi connectivity index (χ1n) is 6.46. The van der Waals surface area contributed by atoms with Crippen LogP contribution in [0.1, 0.15) is 17.4 Å². The van der Waals surface area contributed by atoms with Gasteiger partial charge >= 0.3 is 5.97 Å². The largest absolute Gasteiger partial charge is 0.448 e. The monoisotopic (exact) mass is 308 g/mol. The minimum atomic E-state index is -1.09. The Balaban J connectivity index is 1.98. The Kier molecular flexibility index (Phi) is 4.55. The van der Waals surface area contributed by atoms with E-state index < -0.39 is 29.6 Å². The number of rotatable bonds is 4. The maximum Gasteiger partial charge on any atom is 0.355 e. The van der Waals surface area contributed by atoms with E-state index in [2.05, 4.69) is 5.32 Å². The lowest BCUT2D eigenvalue weighted by atomic mass is 10.2. The average molecular weight is 308 g/mol. The van der Waals surface area contributed by atoms with Gasteiger partial charge in [-0.1, -0.05) is 0 Å². The fourth-order valence-electron chi connectivity index (χ4n) is 1.77. The highest BCUT2D eigenvalue weighted by Gasteiger charge is 2.20. The van der Waals surface area contributed by atoms with Crippen LogP contribution in [0.3, 0.4) is 0 Å². The molecule has 1 amide bonds. The first-order valence-corrected chi connectivity index (χ1v) is 6.46. The van der Waals surface area contributed by atoms with Crippen molar-refractivity contribution in [3.8, 4) is 0 Å². The zero-order valence-electron chi connectivity index (χ0n) is 12.0. The smallest absolute Gasteiger partial charge is 0.355 e. The second-order valence-electron chi connectivity index (χ2n) is 4.67. The van der Waals surface area contributed by atoms with E-state index in [9.17, 15) is 18.4 Å². The van der Waals surface area contributed by atoms with Gasteiger partial charge in [-0.2, -0.15) is 0 Å². The zero-order chi connectivity index (χ0) is 16.3. The molecular formula is C15H14F2N2O3. The molecule has 1 aromatic carbocycles. The van der Waals surface area contributed by atoms with Crippen LogP contribution >= 0.6 is 0 Å². The molecule has 0 aliphatic carbocycles. The molecule has 1 heterocycles. The van der Waals surface area contributed by atoms with Gasteiger partial charge in [0.15, 0.2) is 17.7 Å². The lowest BCUT2D eigenvalue weighted by Crippen LogP contribution is -2.30. The molecular weight excluding hydrogens is 294 g/mol. The molecule has 0 fully saturated rings. The van der Waals surface area contributed by atoms with Gasteiger partial charge in [-0.3, -0.25) is 4.79 Å². The van der Waals surface area contributed by atoms with Gasteiger partial charge in [0.2, 0.25) is 0 Å². The summed E-state index contributed by atoms with van der Waals surface area (Å²) in [6.45, 7) is 1.38. The molecule has 0 saturated heterocycles. The summed E-state index contributed by atoms with van der Waals surface area (Å²) >= 11 is 0. The maximum absolute atomic E-state index is 13.1. The Morgan fingerprint density at radius 1 is 1.23 bits per heavy atom. The predicted molar refractivity (Wildman–Crippen MR) is 75.3 cm³/mol. The van der Waals surface area contributed by atoms with Crippen molar-refractivity contribution < 1.29 is 23.1 Å². The summed E-state index contributed by atoms with van der Waals surface area (Å²) in [5, 5.41) is 2.35. The Bertz CT molecular complexity index is 713. The number of carbonyl (C=O) groups excluding carboxylic acids is 2. The van der Waals surface area contributed by atoms with Crippen LogP contribution < -0.4 is 5.32 Å². The Morgan fingerprint density at radius 3 is 2.55 bits per heavy atom. The second kappa shape index (κ2) is 6.38. The number of esters is 1. The molecule has 5 nitrogen and oxygen atoms in total. The summed E-state index contributed by atoms with van der Waals surface area (Å²) in [4.78, 5) is 23.7. The number of halogens is 2. The molecule has 1 N–H and O–H groups in total. The van der Waals surface area contributed by atoms with E-state index in [4.69, 9.17) is 4.74 Å². The van der Waals surface area contributed by atoms with Gasteiger partial charge in [0.05, 0.1) is 0 Å². The molecule has 116 valence electrons. The number of amides is 1. The van der Waals surface area contributed by atoms with Crippen molar-refractivity contribution in [1.82, 2.24) is 4.57 Å². The molecule has 7 heteroatoms. The number of ether oxygens (including phenoxy) is 1. The molecule has 22 heavy (non-hydrogen) atoms. The summed E-state index contributed by atoms with van der Waals surface area (Å²) in [5.41, 5.74) is 0.373. The highest BCUT2D eigenvalue weighted by molar-refractivity contribution is 5.96. The highest BCUT2D eigenvalue weighted by atomic mass is 19.2. The first kappa shape index (κ1) is 15.7. The van der Waals surface area contributed by atoms with Crippen LogP contribution in [0.5, 0.6) is 0 Å². The van der Waals surface area contributed by atoms with Crippen LogP contribution in [-0.2, 0) is 16.6 Å². The third-order valence-electron chi connectivity index (χ3n) is 2.99. The van der Waals surface area contributed by atoms with Gasteiger partial charge in [-0.05, 0) is 31.2 Å². The summed E-state index contributed by atoms with van der Waals surface area (Å²) in [7, 11) is 1.67. The molecule has 2 rings (SSSR count). The van der Waals surface area contributed by atoms with Gasteiger partial charge in [0, 0.05) is 25.0 Å². The average Bonchev–Trinajstić information content (AvgIpc) is 2.89. The topological polar surface area (TPSA) is 60.3 Å². The van der Waals surface area contributed by atoms with E-state index in [-0.39, 0.29) is 5.69 Å². The fourth-order valence-corrected chi connectivity index (χ4v) is 1.77. The van der Waals surface area contributed by atoms with Gasteiger partial charge in [-0.25, -0.2) is 13.6 Å². The van der Waals surface area contributed by atoms with Gasteiger partial charge in [0.25, 0.3) is 5.91 Å². The van der Waals surface area contributed by atoms with Crippen molar-refractivity contribution in [1.29, 1.82) is 0 Å². The van der Waals surface area contributed by atoms with E-state index in [1.54, 1.807) is 29.9 Å². The molecule has 0 radical (unpaired) electrons. The van der Waals surface area contributed by atoms with Gasteiger partial charge in [-0.15, -0.1) is 0 Å². The predicted octanol–water partition coefficient (Wildman–Crippen LogP) is 2.49. The van der Waals surface area contributed by atoms with E-state index >= 15 is 0 Å². The number of carbonyl (C=O) groups is 2. The van der Waals surface area contributed by atoms with Crippen molar-refractivity contribution in [2.24, 2.45) is 7.05 Å². The molecule has 0 aliphatic heterocycles. The SMILES string of the molecule is C[C@@H](OC(=O)c1cccn1C)C(=O)Nc1ccc(F)c(F)c1. The number of nitrogens with zero attached hydrogens (tertiary/aromatic N) is 1. The maximum atomic E-state index is 13.1. The number of benzene rings is 1. The van der Waals surface area contributed by atoms with Crippen LogP contribution in [0.2, 0.25) is 0 Å². The van der Waals surface area contributed by atoms with E-state index in [1.807, 2.05) is 0 Å². The quantitative estimate of drug-likeness (QED) is 0.883. The first-order chi connectivity index (χ1) is 10.4. The zero-order valence-corrected chi connectivity index (χ0v) is 12.0. The number of hydrogen-bond donors (Lipinski definition) is 1. The number of anilines is 1. The van der Waals surface area contributed by atoms with Crippen LogP contribution in [0, 0.1) is 11.6 Å². The number of aromatic nitrogens is 1. The summed E-state index contributed by atoms with van der Waals surface area (Å²) in [6.07, 6.45) is 0.582. The molecule has 0 saturated carbocycles. The normalized spacial score (nSPS) is 11.8. The van der Waals surface area contributed by atoms with Crippen molar-refractivity contribution >= 4 is 17.6 Å². The van der Waals surface area contributed by atoms with Crippen molar-refractivity contribution in [2.75, 3.05) is 5.32 Å². The lowest BCUT2D eigenvalue weighted by molar-refractivity contribution is -0.123. The fraction of sp³-hybridized carbons (Fsp3) is 0.200. The minimum Gasteiger partial charge on any atom is -0.448 e. The molecule has 2 aromatic rings. The molecule has 0 unspecified atom stereocenters. The van der Waals surface area contributed by atoms with E-state index in [0.29, 0.717) is 5.69 Å². The summed E-state index contributed by atoms with van der Waals surface area (Å²) < 4.78 is 32.4. The van der Waals surface area contributed by atoms with Gasteiger partial charge in [0.1, 0.15) is 5.69 Å². The van der Waals surface area contributed by atoms with Crippen LogP contribution in [0.15, 0.2) is 36.5 Å². The third-order valence-corrected chi connectivity index (χ3v) is 2.99. The number of nitrogens with one attached hydrogen (secondary N) is 1. The van der Waals surface area contributed by atoms with Crippen LogP contribution in [0.25, 0.3) is 0 Å². The molecule has 0 aliphatic rings. The standard InChI is InChI=1S/C15H14F2N2O3/c1-9(22-15(21)13-4-3-7-19(13)2)14(20)18-10-5-6-11(16)12(17)8-10/h3-9H,1-2H3,(H,18,20)/t9-/m1/s1. The molecule has 0 spiro atoms. The van der Waals surface area contributed by atoms with E-state index in [0.717, 1.165) is 12.1 Å². The highest BCUT2D eigenvalue weighted by Crippen LogP contribution is 2.14. The van der Waals surface area contributed by atoms with Crippen molar-refractivity contribution in [3.63, 3.8) is 0 Å². The van der Waals surface area contributed by atoms with Gasteiger partial charge < -0.3 is 14.6 Å². The minimum absolute atomic E-state index is 0.0747. The molecule has 1 aromatic heterocycles. The lowest BCUT2D eigenvalue weighted by Gasteiger charge is -2.14. The van der Waals surface area contributed by atoms with E-state index in [1.165, 1.54) is 13.0 Å². The van der Waals surface area contributed by atoms with Crippen molar-refractivity contribution in [2.45, 2.75) is 13.0 Å². The summed E-state index contributed by atoms with van der Waals surface area (Å²) in [5.74, 6) is -3.39. The Morgan fingerprint density at radius 2 is 1.95 bits per heavy atom. The summed E-state index contributed by atoms with van der Waals surface area (Å²) in [6, 6.07) is 6.18. The Hall–Kier alpha value is -2.70. The van der Waals surface area contributed by atoms with Crippen molar-refractivity contribution in [3.05, 3.63) is 53.9 Å². The van der Waals surface area contributed by atoms with Crippen LogP contribution in [0.4, 0.5) is 14.5 Å². The van der Waals surface area contributed by atoms with Crippen LogP contribution in [-0.4, -0.2) is 22.5 Å². The molecule has 0 bridgehead atoms. The second-order valence-corrected chi connectivity index (χ2v) is 4.67. The number of hydrogen-bond acceptors (Lipinski definition) is 3. The number of aryl methyl sites for hydroxylation is 1. The molecule has 1 atom stereocenters.